The lowest BCUT2D eigenvalue weighted by Gasteiger charge is -2.08. The SMILES string of the molecule is CCc1ccc(CCOc2ccc(CCCC3SC(=O)CC3=O)cc2)nc1. The Balaban J connectivity index is 1.38. The number of carbonyl (C=O) groups is 2. The Hall–Kier alpha value is -2.14. The van der Waals surface area contributed by atoms with Crippen molar-refractivity contribution in [2.75, 3.05) is 6.61 Å². The smallest absolute Gasteiger partial charge is 0.197 e. The first-order chi connectivity index (χ1) is 13.1. The number of aromatic nitrogens is 1. The molecule has 0 bridgehead atoms. The first-order valence-corrected chi connectivity index (χ1v) is 10.4. The zero-order chi connectivity index (χ0) is 19.1. The number of hydrogen-bond acceptors (Lipinski definition) is 5. The maximum Gasteiger partial charge on any atom is 0.197 e. The fourth-order valence-corrected chi connectivity index (χ4v) is 4.11. The van der Waals surface area contributed by atoms with Crippen LogP contribution in [0, 0.1) is 0 Å². The van der Waals surface area contributed by atoms with E-state index >= 15 is 0 Å². The summed E-state index contributed by atoms with van der Waals surface area (Å²) in [7, 11) is 0. The molecule has 1 aromatic heterocycles. The molecule has 0 aliphatic carbocycles. The lowest BCUT2D eigenvalue weighted by Crippen LogP contribution is -2.10. The van der Waals surface area contributed by atoms with Crippen LogP contribution in [0.1, 0.15) is 43.0 Å². The average molecular weight is 384 g/mol. The second-order valence-corrected chi connectivity index (χ2v) is 8.03. The summed E-state index contributed by atoms with van der Waals surface area (Å²) in [5, 5.41) is -0.108. The molecule has 0 spiro atoms. The quantitative estimate of drug-likeness (QED) is 0.608. The number of Topliss-reactive ketones (excluding diaryl/α,β-unsaturated/α-hetero) is 1. The highest BCUT2D eigenvalue weighted by molar-refractivity contribution is 8.15. The van der Waals surface area contributed by atoms with Crippen molar-refractivity contribution in [3.63, 3.8) is 0 Å². The van der Waals surface area contributed by atoms with Crippen molar-refractivity contribution < 1.29 is 14.3 Å². The van der Waals surface area contributed by atoms with Crippen molar-refractivity contribution in [2.24, 2.45) is 0 Å². The number of pyridine rings is 1. The van der Waals surface area contributed by atoms with Gasteiger partial charge in [0, 0.05) is 18.3 Å². The van der Waals surface area contributed by atoms with Crippen LogP contribution in [-0.2, 0) is 28.9 Å². The van der Waals surface area contributed by atoms with Gasteiger partial charge in [-0.25, -0.2) is 0 Å². The van der Waals surface area contributed by atoms with E-state index in [-0.39, 0.29) is 22.6 Å². The van der Waals surface area contributed by atoms with Gasteiger partial charge in [-0.15, -0.1) is 0 Å². The zero-order valence-electron chi connectivity index (χ0n) is 15.6. The van der Waals surface area contributed by atoms with E-state index in [9.17, 15) is 9.59 Å². The topological polar surface area (TPSA) is 56.3 Å². The summed E-state index contributed by atoms with van der Waals surface area (Å²) >= 11 is 1.21. The molecule has 1 atom stereocenters. The van der Waals surface area contributed by atoms with Crippen LogP contribution in [0.15, 0.2) is 42.6 Å². The summed E-state index contributed by atoms with van der Waals surface area (Å²) < 4.78 is 5.81. The summed E-state index contributed by atoms with van der Waals surface area (Å²) in [6.07, 6.45) is 6.43. The van der Waals surface area contributed by atoms with Crippen molar-refractivity contribution in [2.45, 2.75) is 50.7 Å². The fraction of sp³-hybridized carbons (Fsp3) is 0.409. The highest BCUT2D eigenvalue weighted by Crippen LogP contribution is 2.28. The summed E-state index contributed by atoms with van der Waals surface area (Å²) in [5.41, 5.74) is 3.51. The minimum atomic E-state index is -0.125. The van der Waals surface area contributed by atoms with E-state index in [0.717, 1.165) is 43.5 Å². The van der Waals surface area contributed by atoms with Gasteiger partial charge in [0.05, 0.1) is 18.3 Å². The van der Waals surface area contributed by atoms with Crippen molar-refractivity contribution >= 4 is 22.7 Å². The Labute approximate surface area is 164 Å². The van der Waals surface area contributed by atoms with E-state index in [2.05, 4.69) is 36.2 Å². The number of ether oxygens (including phenoxy) is 1. The largest absolute Gasteiger partial charge is 0.493 e. The molecule has 1 unspecified atom stereocenters. The summed E-state index contributed by atoms with van der Waals surface area (Å²) in [4.78, 5) is 27.4. The van der Waals surface area contributed by atoms with Gasteiger partial charge in [-0.3, -0.25) is 14.6 Å². The van der Waals surface area contributed by atoms with Crippen molar-refractivity contribution in [1.29, 1.82) is 0 Å². The van der Waals surface area contributed by atoms with Gasteiger partial charge < -0.3 is 4.74 Å². The molecule has 0 amide bonds. The molecule has 2 heterocycles. The van der Waals surface area contributed by atoms with Crippen LogP contribution in [0.3, 0.4) is 0 Å². The highest BCUT2D eigenvalue weighted by Gasteiger charge is 2.30. The summed E-state index contributed by atoms with van der Waals surface area (Å²) in [5.74, 6) is 0.948. The number of hydrogen-bond donors (Lipinski definition) is 0. The molecule has 1 aromatic carbocycles. The van der Waals surface area contributed by atoms with Gasteiger partial charge in [0.25, 0.3) is 0 Å². The Morgan fingerprint density at radius 2 is 1.85 bits per heavy atom. The molecule has 27 heavy (non-hydrogen) atoms. The van der Waals surface area contributed by atoms with Crippen LogP contribution in [0.5, 0.6) is 5.75 Å². The van der Waals surface area contributed by atoms with Gasteiger partial charge in [0.15, 0.2) is 10.9 Å². The number of aryl methyl sites for hydroxylation is 2. The second-order valence-electron chi connectivity index (χ2n) is 6.77. The lowest BCUT2D eigenvalue weighted by molar-refractivity contribution is -0.121. The van der Waals surface area contributed by atoms with E-state index in [1.807, 2.05) is 18.3 Å². The van der Waals surface area contributed by atoms with E-state index < -0.39 is 0 Å². The molecule has 1 aliphatic heterocycles. The monoisotopic (exact) mass is 383 g/mol. The molecular weight excluding hydrogens is 358 g/mol. The predicted molar refractivity (Wildman–Crippen MR) is 108 cm³/mol. The van der Waals surface area contributed by atoms with Crippen LogP contribution >= 0.6 is 11.8 Å². The first-order valence-electron chi connectivity index (χ1n) is 9.52. The summed E-state index contributed by atoms with van der Waals surface area (Å²) in [6.45, 7) is 2.73. The van der Waals surface area contributed by atoms with Crippen LogP contribution in [0.25, 0.3) is 0 Å². The third kappa shape index (κ3) is 5.93. The minimum absolute atomic E-state index is 0.0167. The molecular formula is C22H25NO3S. The maximum absolute atomic E-state index is 11.6. The van der Waals surface area contributed by atoms with Crippen molar-refractivity contribution in [3.8, 4) is 5.75 Å². The lowest BCUT2D eigenvalue weighted by atomic mass is 10.0. The van der Waals surface area contributed by atoms with Crippen LogP contribution in [-0.4, -0.2) is 27.7 Å². The standard InChI is InChI=1S/C22H25NO3S/c1-2-16-6-9-18(23-15-16)12-13-26-19-10-7-17(8-11-19)4-3-5-21-20(24)14-22(25)27-21/h6-11,15,21H,2-5,12-14H2,1H3. The molecule has 0 N–H and O–H groups in total. The molecule has 142 valence electrons. The Bertz CT molecular complexity index is 771. The molecule has 2 aromatic rings. The third-order valence-corrected chi connectivity index (χ3v) is 5.92. The predicted octanol–water partition coefficient (Wildman–Crippen LogP) is 4.19. The number of thioether (sulfide) groups is 1. The van der Waals surface area contributed by atoms with Crippen molar-refractivity contribution in [1.82, 2.24) is 4.98 Å². The number of benzene rings is 1. The molecule has 4 nitrogen and oxygen atoms in total. The van der Waals surface area contributed by atoms with Gasteiger partial charge in [-0.2, -0.15) is 0 Å². The van der Waals surface area contributed by atoms with E-state index in [1.54, 1.807) is 0 Å². The van der Waals surface area contributed by atoms with Gasteiger partial charge >= 0.3 is 0 Å². The molecule has 0 saturated carbocycles. The highest BCUT2D eigenvalue weighted by atomic mass is 32.2. The minimum Gasteiger partial charge on any atom is -0.493 e. The molecule has 5 heteroatoms. The second kappa shape index (κ2) is 9.70. The average Bonchev–Trinajstić information content (AvgIpc) is 3.01. The van der Waals surface area contributed by atoms with Gasteiger partial charge in [0.2, 0.25) is 0 Å². The number of rotatable bonds is 9. The van der Waals surface area contributed by atoms with Crippen LogP contribution < -0.4 is 4.74 Å². The molecule has 1 fully saturated rings. The normalized spacial score (nSPS) is 16.7. The fourth-order valence-electron chi connectivity index (χ4n) is 3.07. The van der Waals surface area contributed by atoms with Crippen molar-refractivity contribution in [3.05, 3.63) is 59.4 Å². The van der Waals surface area contributed by atoms with Gasteiger partial charge in [-0.1, -0.05) is 36.9 Å². The third-order valence-electron chi connectivity index (χ3n) is 4.73. The zero-order valence-corrected chi connectivity index (χ0v) is 16.5. The van der Waals surface area contributed by atoms with E-state index in [0.29, 0.717) is 6.61 Å². The molecule has 1 saturated heterocycles. The van der Waals surface area contributed by atoms with Crippen LogP contribution in [0.2, 0.25) is 0 Å². The Morgan fingerprint density at radius 1 is 1.07 bits per heavy atom. The Morgan fingerprint density at radius 3 is 2.48 bits per heavy atom. The molecule has 3 rings (SSSR count). The number of carbonyl (C=O) groups excluding carboxylic acids is 2. The Kier molecular flexibility index (Phi) is 7.04. The number of nitrogens with zero attached hydrogens (tertiary/aromatic N) is 1. The van der Waals surface area contributed by atoms with Gasteiger partial charge in [0.1, 0.15) is 5.75 Å². The maximum atomic E-state index is 11.6. The number of ketones is 1. The summed E-state index contributed by atoms with van der Waals surface area (Å²) in [6, 6.07) is 12.3. The van der Waals surface area contributed by atoms with E-state index in [1.165, 1.54) is 22.9 Å². The molecule has 1 aliphatic rings. The first kappa shape index (κ1) is 19.6. The van der Waals surface area contributed by atoms with Crippen LogP contribution in [0.4, 0.5) is 0 Å². The molecule has 0 radical (unpaired) electrons. The van der Waals surface area contributed by atoms with Gasteiger partial charge in [-0.05, 0) is 55.0 Å². The van der Waals surface area contributed by atoms with E-state index in [4.69, 9.17) is 4.74 Å².